The number of anilines is 1. The minimum atomic E-state index is -3.70. The summed E-state index contributed by atoms with van der Waals surface area (Å²) in [4.78, 5) is 11.7. The fourth-order valence-corrected chi connectivity index (χ4v) is 4.61. The Morgan fingerprint density at radius 2 is 1.67 bits per heavy atom. The summed E-state index contributed by atoms with van der Waals surface area (Å²) in [6.45, 7) is 3.76. The van der Waals surface area contributed by atoms with Crippen molar-refractivity contribution in [3.8, 4) is 5.75 Å². The van der Waals surface area contributed by atoms with E-state index in [1.807, 2.05) is 13.8 Å². The summed E-state index contributed by atoms with van der Waals surface area (Å²) in [6, 6.07) is 18.0. The van der Waals surface area contributed by atoms with E-state index in [-0.39, 0.29) is 23.3 Å². The quantitative estimate of drug-likeness (QED) is 0.498. The first-order chi connectivity index (χ1) is 14.3. The monoisotopic (exact) mass is 429 g/mol. The van der Waals surface area contributed by atoms with Gasteiger partial charge in [-0.1, -0.05) is 18.2 Å². The van der Waals surface area contributed by atoms with Crippen LogP contribution in [-0.2, 0) is 21.4 Å². The molecule has 0 amide bonds. The lowest BCUT2D eigenvalue weighted by Crippen LogP contribution is -2.36. The molecule has 30 heavy (non-hydrogen) atoms. The Labute approximate surface area is 175 Å². The molecule has 3 rings (SSSR count). The molecule has 0 saturated carbocycles. The second-order valence-electron chi connectivity index (χ2n) is 6.75. The van der Waals surface area contributed by atoms with Crippen LogP contribution in [0.3, 0.4) is 0 Å². The van der Waals surface area contributed by atoms with Gasteiger partial charge in [-0.25, -0.2) is 13.2 Å². The molecular formula is C22H23NO6S. The van der Waals surface area contributed by atoms with Crippen LogP contribution in [0, 0.1) is 0 Å². The van der Waals surface area contributed by atoms with Gasteiger partial charge in [-0.15, -0.1) is 0 Å². The Bertz CT molecular complexity index is 1090. The molecule has 0 unspecified atom stereocenters. The summed E-state index contributed by atoms with van der Waals surface area (Å²) in [5.41, 5.74) is 0.534. The molecule has 3 aromatic rings. The molecule has 1 aromatic heterocycles. The van der Waals surface area contributed by atoms with Crippen molar-refractivity contribution in [3.63, 3.8) is 0 Å². The Morgan fingerprint density at radius 3 is 2.27 bits per heavy atom. The molecule has 0 N–H and O–H groups in total. The summed E-state index contributed by atoms with van der Waals surface area (Å²) < 4.78 is 43.2. The van der Waals surface area contributed by atoms with Crippen LogP contribution in [0.25, 0.3) is 0 Å². The average Bonchev–Trinajstić information content (AvgIpc) is 3.22. The van der Waals surface area contributed by atoms with E-state index in [0.29, 0.717) is 17.2 Å². The number of nitrogens with zero attached hydrogens (tertiary/aromatic N) is 1. The maximum absolute atomic E-state index is 13.1. The molecule has 0 aliphatic rings. The second kappa shape index (κ2) is 9.04. The number of sulfonamides is 1. The van der Waals surface area contributed by atoms with Crippen molar-refractivity contribution in [2.75, 3.05) is 11.4 Å². The van der Waals surface area contributed by atoms with Crippen LogP contribution in [0.5, 0.6) is 5.75 Å². The number of hydrogen-bond acceptors (Lipinski definition) is 6. The van der Waals surface area contributed by atoms with Crippen molar-refractivity contribution in [2.45, 2.75) is 31.4 Å². The fraction of sp³-hybridized carbons (Fsp3) is 0.227. The van der Waals surface area contributed by atoms with Gasteiger partial charge in [0.1, 0.15) is 18.1 Å². The van der Waals surface area contributed by atoms with E-state index >= 15 is 0 Å². The van der Waals surface area contributed by atoms with Crippen molar-refractivity contribution >= 4 is 21.7 Å². The zero-order valence-electron chi connectivity index (χ0n) is 16.9. The van der Waals surface area contributed by atoms with E-state index in [9.17, 15) is 13.2 Å². The van der Waals surface area contributed by atoms with E-state index in [2.05, 4.69) is 4.74 Å². The molecule has 1 heterocycles. The van der Waals surface area contributed by atoms with E-state index in [1.54, 1.807) is 60.7 Å². The molecule has 0 aliphatic carbocycles. The number of furan rings is 1. The van der Waals surface area contributed by atoms with E-state index < -0.39 is 16.0 Å². The molecule has 0 spiro atoms. The third-order valence-electron chi connectivity index (χ3n) is 4.29. The zero-order chi connectivity index (χ0) is 21.7. The van der Waals surface area contributed by atoms with Crippen molar-refractivity contribution in [3.05, 3.63) is 78.3 Å². The van der Waals surface area contributed by atoms with Gasteiger partial charge >= 0.3 is 5.97 Å². The van der Waals surface area contributed by atoms with Gasteiger partial charge in [0, 0.05) is 6.04 Å². The first kappa shape index (κ1) is 21.4. The first-order valence-corrected chi connectivity index (χ1v) is 10.8. The predicted octanol–water partition coefficient (Wildman–Crippen LogP) is 4.25. The molecule has 158 valence electrons. The van der Waals surface area contributed by atoms with Crippen LogP contribution in [0.15, 0.2) is 76.0 Å². The molecule has 0 aliphatic heterocycles. The van der Waals surface area contributed by atoms with E-state index in [4.69, 9.17) is 9.15 Å². The van der Waals surface area contributed by atoms with Crippen LogP contribution < -0.4 is 9.04 Å². The zero-order valence-corrected chi connectivity index (χ0v) is 17.8. The SMILES string of the molecule is COC(=O)c1ccc(COc2ccc(N(C(C)C)S(=O)(=O)c3ccccc3)cc2)o1. The molecule has 0 saturated heterocycles. The number of carbonyl (C=O) groups excluding carboxylic acids is 1. The Hall–Kier alpha value is -3.26. The van der Waals surface area contributed by atoms with Gasteiger partial charge < -0.3 is 13.9 Å². The number of hydrogen-bond donors (Lipinski definition) is 0. The lowest BCUT2D eigenvalue weighted by atomic mass is 10.2. The number of ether oxygens (including phenoxy) is 2. The summed E-state index contributed by atoms with van der Waals surface area (Å²) in [6.07, 6.45) is 0. The van der Waals surface area contributed by atoms with Gasteiger partial charge in [0.2, 0.25) is 5.76 Å². The molecule has 0 bridgehead atoms. The largest absolute Gasteiger partial charge is 0.486 e. The van der Waals surface area contributed by atoms with Crippen LogP contribution in [0.4, 0.5) is 5.69 Å². The number of rotatable bonds is 8. The first-order valence-electron chi connectivity index (χ1n) is 9.32. The normalized spacial score (nSPS) is 11.3. The molecule has 0 atom stereocenters. The number of esters is 1. The van der Waals surface area contributed by atoms with Crippen molar-refractivity contribution in [1.29, 1.82) is 0 Å². The standard InChI is InChI=1S/C22H23NO6S/c1-16(2)23(30(25,26)20-7-5-4-6-8-20)17-9-11-18(12-10-17)28-15-19-13-14-21(29-19)22(24)27-3/h4-14,16H,15H2,1-3H3. The lowest BCUT2D eigenvalue weighted by molar-refractivity contribution is 0.0561. The van der Waals surface area contributed by atoms with Crippen LogP contribution in [0.1, 0.15) is 30.2 Å². The maximum Gasteiger partial charge on any atom is 0.373 e. The van der Waals surface area contributed by atoms with E-state index in [1.165, 1.54) is 17.5 Å². The highest BCUT2D eigenvalue weighted by Crippen LogP contribution is 2.28. The van der Waals surface area contributed by atoms with Gasteiger partial charge in [0.05, 0.1) is 17.7 Å². The lowest BCUT2D eigenvalue weighted by Gasteiger charge is -2.28. The summed E-state index contributed by atoms with van der Waals surface area (Å²) in [5, 5.41) is 0. The molecule has 8 heteroatoms. The second-order valence-corrected chi connectivity index (χ2v) is 8.56. The average molecular weight is 429 g/mol. The van der Waals surface area contributed by atoms with E-state index in [0.717, 1.165) is 0 Å². The highest BCUT2D eigenvalue weighted by molar-refractivity contribution is 7.92. The fourth-order valence-electron chi connectivity index (χ4n) is 2.93. The third-order valence-corrected chi connectivity index (χ3v) is 6.31. The maximum atomic E-state index is 13.1. The number of methoxy groups -OCH3 is 1. The number of carbonyl (C=O) groups is 1. The Kier molecular flexibility index (Phi) is 6.47. The molecule has 0 fully saturated rings. The van der Waals surface area contributed by atoms with Gasteiger partial charge in [-0.2, -0.15) is 0 Å². The topological polar surface area (TPSA) is 86.0 Å². The van der Waals surface area contributed by atoms with Crippen molar-refractivity contribution in [2.24, 2.45) is 0 Å². The minimum Gasteiger partial charge on any atom is -0.486 e. The third kappa shape index (κ3) is 4.65. The minimum absolute atomic E-state index is 0.102. The highest BCUT2D eigenvalue weighted by Gasteiger charge is 2.27. The van der Waals surface area contributed by atoms with Crippen LogP contribution in [-0.4, -0.2) is 27.5 Å². The molecule has 2 aromatic carbocycles. The highest BCUT2D eigenvalue weighted by atomic mass is 32.2. The van der Waals surface area contributed by atoms with Gasteiger partial charge in [-0.05, 0) is 62.4 Å². The van der Waals surface area contributed by atoms with Gasteiger partial charge in [-0.3, -0.25) is 4.31 Å². The Balaban J connectivity index is 1.74. The number of benzene rings is 2. The van der Waals surface area contributed by atoms with Crippen molar-refractivity contribution in [1.82, 2.24) is 0 Å². The molecular weight excluding hydrogens is 406 g/mol. The summed E-state index contributed by atoms with van der Waals surface area (Å²) in [5.74, 6) is 0.551. The van der Waals surface area contributed by atoms with Crippen LogP contribution in [0.2, 0.25) is 0 Å². The van der Waals surface area contributed by atoms with Gasteiger partial charge in [0.25, 0.3) is 10.0 Å². The molecule has 7 nitrogen and oxygen atoms in total. The van der Waals surface area contributed by atoms with Crippen molar-refractivity contribution < 1.29 is 27.1 Å². The molecule has 0 radical (unpaired) electrons. The summed E-state index contributed by atoms with van der Waals surface area (Å²) in [7, 11) is -2.42. The summed E-state index contributed by atoms with van der Waals surface area (Å²) >= 11 is 0. The predicted molar refractivity (Wildman–Crippen MR) is 112 cm³/mol. The van der Waals surface area contributed by atoms with Gasteiger partial charge in [0.15, 0.2) is 0 Å². The van der Waals surface area contributed by atoms with Crippen LogP contribution >= 0.6 is 0 Å². The Morgan fingerprint density at radius 1 is 1.00 bits per heavy atom. The smallest absolute Gasteiger partial charge is 0.373 e.